The van der Waals surface area contributed by atoms with Crippen LogP contribution in [0.1, 0.15) is 83.6 Å². The lowest BCUT2D eigenvalue weighted by Gasteiger charge is -2.42. The molecule has 7 aromatic carbocycles. The quantitative estimate of drug-likeness (QED) is 0.182. The number of benzene rings is 7. The Labute approximate surface area is 351 Å². The third-order valence-corrected chi connectivity index (χ3v) is 14.1. The van der Waals surface area contributed by atoms with Crippen molar-refractivity contribution in [1.82, 2.24) is 4.57 Å². The van der Waals surface area contributed by atoms with Crippen LogP contribution in [0.25, 0.3) is 82.5 Å². The van der Waals surface area contributed by atoms with Gasteiger partial charge in [-0.2, -0.15) is 0 Å². The third-order valence-electron chi connectivity index (χ3n) is 14.1. The van der Waals surface area contributed by atoms with Crippen LogP contribution < -0.4 is 16.2 Å². The first kappa shape index (κ1) is 35.7. The van der Waals surface area contributed by atoms with E-state index in [0.29, 0.717) is 0 Å². The maximum atomic E-state index is 6.57. The van der Waals surface area contributed by atoms with Gasteiger partial charge in [-0.25, -0.2) is 0 Å². The van der Waals surface area contributed by atoms with Crippen molar-refractivity contribution in [3.8, 4) is 16.8 Å². The second-order valence-corrected chi connectivity index (χ2v) is 20.0. The number of para-hydroxylation sites is 2. The smallest absolute Gasteiger partial charge is 0.197 e. The van der Waals surface area contributed by atoms with Crippen molar-refractivity contribution in [1.29, 1.82) is 0 Å². The molecule has 0 unspecified atom stereocenters. The van der Waals surface area contributed by atoms with Crippen molar-refractivity contribution in [3.63, 3.8) is 0 Å². The molecule has 2 aliphatic rings. The normalized spacial score (nSPS) is 15.6. The number of rotatable bonds is 3. The molecule has 0 spiro atoms. The molecule has 3 aromatic heterocycles. The lowest BCUT2D eigenvalue weighted by molar-refractivity contribution is 0.332. The summed E-state index contributed by atoms with van der Waals surface area (Å²) in [5, 5.41) is 11.0. The molecule has 1 aliphatic carbocycles. The van der Waals surface area contributed by atoms with Gasteiger partial charge in [-0.15, -0.1) is 0 Å². The highest BCUT2D eigenvalue weighted by Gasteiger charge is 2.39. The van der Waals surface area contributed by atoms with Crippen molar-refractivity contribution in [2.75, 3.05) is 5.32 Å². The van der Waals surface area contributed by atoms with Gasteiger partial charge in [-0.05, 0) is 112 Å². The molecule has 60 heavy (non-hydrogen) atoms. The molecule has 1 radical (unpaired) electrons. The summed E-state index contributed by atoms with van der Waals surface area (Å²) in [4.78, 5) is 0. The Hall–Kier alpha value is -6.20. The fourth-order valence-electron chi connectivity index (χ4n) is 10.7. The third kappa shape index (κ3) is 5.04. The predicted octanol–water partition coefficient (Wildman–Crippen LogP) is 13.9. The summed E-state index contributed by atoms with van der Waals surface area (Å²) in [6.45, 7) is 18.8. The minimum Gasteiger partial charge on any atom is -0.456 e. The standard InChI is InChI=1S/C55H48BN2O2/c1-30-23-38(35-25-40-41(55(7,8)22-21-54(40,5)6)27-43(35)57-32-19-17-31(18-20-32)53(2,3)4)51-52-50(30)39-24-36-33-13-9-11-15-46(33)59-48(36)28-44(39)58(52)45-29-49-37(26-42(45)56-51)34-14-10-12-16-47(34)60-49/h9-20,23-29,57H,21-22H2,1-8H3. The van der Waals surface area contributed by atoms with Gasteiger partial charge in [0.2, 0.25) is 0 Å². The number of hydrogen-bond donors (Lipinski definition) is 1. The molecule has 0 saturated carbocycles. The molecule has 5 heteroatoms. The molecule has 0 amide bonds. The van der Waals surface area contributed by atoms with Gasteiger partial charge in [0.15, 0.2) is 7.28 Å². The average Bonchev–Trinajstić information content (AvgIpc) is 3.88. The van der Waals surface area contributed by atoms with Crippen LogP contribution in [0, 0.1) is 6.92 Å². The molecule has 1 N–H and O–H groups in total. The first-order chi connectivity index (χ1) is 28.7. The summed E-state index contributed by atoms with van der Waals surface area (Å²) in [5.74, 6) is 0. The zero-order valence-corrected chi connectivity index (χ0v) is 35.7. The van der Waals surface area contributed by atoms with Crippen LogP contribution in [0.2, 0.25) is 0 Å². The Kier molecular flexibility index (Phi) is 7.13. The van der Waals surface area contributed by atoms with E-state index in [1.54, 1.807) is 0 Å². The zero-order valence-electron chi connectivity index (χ0n) is 35.7. The lowest BCUT2D eigenvalue weighted by atomic mass is 9.58. The van der Waals surface area contributed by atoms with Gasteiger partial charge in [-0.1, -0.05) is 115 Å². The van der Waals surface area contributed by atoms with Crippen molar-refractivity contribution >= 4 is 95.3 Å². The molecule has 12 rings (SSSR count). The van der Waals surface area contributed by atoms with Crippen LogP contribution in [0.3, 0.4) is 0 Å². The van der Waals surface area contributed by atoms with E-state index in [9.17, 15) is 0 Å². The molecule has 4 nitrogen and oxygen atoms in total. The topological polar surface area (TPSA) is 43.2 Å². The van der Waals surface area contributed by atoms with Gasteiger partial charge >= 0.3 is 0 Å². The number of hydrogen-bond acceptors (Lipinski definition) is 3. The monoisotopic (exact) mass is 779 g/mol. The summed E-state index contributed by atoms with van der Waals surface area (Å²) in [7, 11) is 2.45. The summed E-state index contributed by atoms with van der Waals surface area (Å²) >= 11 is 0. The second-order valence-electron chi connectivity index (χ2n) is 20.0. The maximum Gasteiger partial charge on any atom is 0.197 e. The molecular formula is C55H48BN2O2. The van der Waals surface area contributed by atoms with E-state index in [1.807, 2.05) is 6.07 Å². The van der Waals surface area contributed by atoms with E-state index < -0.39 is 0 Å². The fraction of sp³-hybridized carbons (Fsp3) is 0.236. The lowest BCUT2D eigenvalue weighted by Crippen LogP contribution is -2.37. The van der Waals surface area contributed by atoms with Gasteiger partial charge < -0.3 is 18.7 Å². The number of nitrogens with zero attached hydrogens (tertiary/aromatic N) is 1. The summed E-state index contributed by atoms with van der Waals surface area (Å²) < 4.78 is 15.6. The molecular weight excluding hydrogens is 731 g/mol. The first-order valence-corrected chi connectivity index (χ1v) is 21.5. The van der Waals surface area contributed by atoms with E-state index in [1.165, 1.54) is 60.6 Å². The van der Waals surface area contributed by atoms with E-state index in [2.05, 4.69) is 182 Å². The molecule has 1 aliphatic heterocycles. The van der Waals surface area contributed by atoms with Crippen LogP contribution in [-0.2, 0) is 16.2 Å². The largest absolute Gasteiger partial charge is 0.456 e. The molecule has 0 fully saturated rings. The van der Waals surface area contributed by atoms with E-state index in [4.69, 9.17) is 8.83 Å². The SMILES string of the molecule is Cc1cc(-c2cc3c(cc2Nc2ccc(C(C)(C)C)cc2)C(C)(C)CCC3(C)C)c2c3c1c1cc4c(cc1n3-c1cc3oc5ccccc5c3cc1[B]2)oc1ccccc14. The van der Waals surface area contributed by atoms with Gasteiger partial charge in [-0.3, -0.25) is 0 Å². The van der Waals surface area contributed by atoms with Gasteiger partial charge in [0, 0.05) is 72.6 Å². The Morgan fingerprint density at radius 1 is 0.617 bits per heavy atom. The Bertz CT molecular complexity index is 3480. The zero-order chi connectivity index (χ0) is 41.0. The molecule has 0 saturated heterocycles. The highest BCUT2D eigenvalue weighted by molar-refractivity contribution is 6.74. The Morgan fingerprint density at radius 3 is 1.90 bits per heavy atom. The van der Waals surface area contributed by atoms with Gasteiger partial charge in [0.25, 0.3) is 0 Å². The number of aryl methyl sites for hydroxylation is 1. The minimum atomic E-state index is 0.0406. The Balaban J connectivity index is 1.18. The number of aromatic nitrogens is 1. The number of furan rings is 2. The van der Waals surface area contributed by atoms with Crippen LogP contribution >= 0.6 is 0 Å². The summed E-state index contributed by atoms with van der Waals surface area (Å²) in [6, 6.07) is 42.6. The van der Waals surface area contributed by atoms with Gasteiger partial charge in [0.1, 0.15) is 22.3 Å². The van der Waals surface area contributed by atoms with Crippen LogP contribution in [-0.4, -0.2) is 11.8 Å². The molecule has 0 bridgehead atoms. The van der Waals surface area contributed by atoms with E-state index in [-0.39, 0.29) is 16.2 Å². The van der Waals surface area contributed by atoms with Crippen molar-refractivity contribution in [3.05, 3.63) is 138 Å². The van der Waals surface area contributed by atoms with E-state index in [0.717, 1.165) is 79.3 Å². The molecule has 10 aromatic rings. The first-order valence-electron chi connectivity index (χ1n) is 21.5. The van der Waals surface area contributed by atoms with Crippen LogP contribution in [0.5, 0.6) is 0 Å². The number of anilines is 2. The molecule has 293 valence electrons. The van der Waals surface area contributed by atoms with E-state index >= 15 is 0 Å². The summed E-state index contributed by atoms with van der Waals surface area (Å²) in [6.07, 6.45) is 2.30. The number of nitrogens with one attached hydrogen (secondary N) is 1. The van der Waals surface area contributed by atoms with Crippen LogP contribution in [0.4, 0.5) is 11.4 Å². The molecule has 0 atom stereocenters. The minimum absolute atomic E-state index is 0.0406. The van der Waals surface area contributed by atoms with Gasteiger partial charge in [0.05, 0.1) is 5.52 Å². The second kappa shape index (κ2) is 12.0. The Morgan fingerprint density at radius 2 is 1.23 bits per heavy atom. The van der Waals surface area contributed by atoms with Crippen LogP contribution in [0.15, 0.2) is 124 Å². The van der Waals surface area contributed by atoms with Crippen molar-refractivity contribution in [2.24, 2.45) is 0 Å². The predicted molar refractivity (Wildman–Crippen MR) is 254 cm³/mol. The highest BCUT2D eigenvalue weighted by Crippen LogP contribution is 2.50. The molecule has 4 heterocycles. The average molecular weight is 780 g/mol. The summed E-state index contributed by atoms with van der Waals surface area (Å²) in [5.41, 5.74) is 19.8. The van der Waals surface area contributed by atoms with Crippen molar-refractivity contribution in [2.45, 2.75) is 84.5 Å². The fourth-order valence-corrected chi connectivity index (χ4v) is 10.7. The number of fused-ring (bicyclic) bond motifs is 12. The maximum absolute atomic E-state index is 6.57. The van der Waals surface area contributed by atoms with Crippen molar-refractivity contribution < 1.29 is 8.83 Å². The highest BCUT2D eigenvalue weighted by atomic mass is 16.3.